The molecule has 0 aliphatic carbocycles. The predicted molar refractivity (Wildman–Crippen MR) is 195 cm³/mol. The van der Waals surface area contributed by atoms with Crippen LogP contribution in [0.5, 0.6) is 0 Å². The van der Waals surface area contributed by atoms with Gasteiger partial charge in [-0.3, -0.25) is 9.88 Å². The van der Waals surface area contributed by atoms with E-state index in [0.717, 1.165) is 22.6 Å². The molecule has 2 N–H and O–H groups in total. The highest BCUT2D eigenvalue weighted by Gasteiger charge is 2.29. The molecule has 2 unspecified atom stereocenters. The molecule has 0 saturated heterocycles. The summed E-state index contributed by atoms with van der Waals surface area (Å²) >= 11 is 1.85. The van der Waals surface area contributed by atoms with E-state index in [9.17, 15) is 0 Å². The highest BCUT2D eigenvalue weighted by Crippen LogP contribution is 2.40. The van der Waals surface area contributed by atoms with Crippen LogP contribution in [0.15, 0.2) is 151 Å². The molecule has 0 spiro atoms. The van der Waals surface area contributed by atoms with Gasteiger partial charge in [0, 0.05) is 30.9 Å². The quantitative estimate of drug-likeness (QED) is 0.205. The molecule has 0 radical (unpaired) electrons. The van der Waals surface area contributed by atoms with Gasteiger partial charge in [0.05, 0.1) is 11.0 Å². The number of nitrogens with one attached hydrogen (secondary N) is 2. The van der Waals surface area contributed by atoms with Crippen molar-refractivity contribution in [2.75, 3.05) is 0 Å². The monoisotopic (exact) mass is 608 g/mol. The zero-order chi connectivity index (χ0) is 30.2. The van der Waals surface area contributed by atoms with Crippen molar-refractivity contribution >= 4 is 80.8 Å². The van der Waals surface area contributed by atoms with Gasteiger partial charge in [-0.15, -0.1) is 11.3 Å². The summed E-state index contributed by atoms with van der Waals surface area (Å²) in [6, 6.07) is 52.5. The Kier molecular flexibility index (Phi) is 5.61. The van der Waals surface area contributed by atoms with Crippen LogP contribution >= 0.6 is 11.3 Å². The van der Waals surface area contributed by atoms with Crippen LogP contribution in [0.1, 0.15) is 23.5 Å². The largest absolute Gasteiger partial charge is 0.336 e. The number of hydrogen-bond acceptors (Lipinski definition) is 4. The molecule has 10 rings (SSSR count). The molecule has 4 nitrogen and oxygen atoms in total. The molecule has 0 saturated carbocycles. The molecule has 0 amide bonds. The van der Waals surface area contributed by atoms with Crippen molar-refractivity contribution in [1.82, 2.24) is 15.2 Å². The van der Waals surface area contributed by atoms with Crippen molar-refractivity contribution in [1.29, 1.82) is 0 Å². The molecule has 9 aromatic rings. The summed E-state index contributed by atoms with van der Waals surface area (Å²) in [4.78, 5) is 5.42. The summed E-state index contributed by atoms with van der Waals surface area (Å²) in [6.07, 6.45) is -0.413. The van der Waals surface area contributed by atoms with Crippen LogP contribution < -0.4 is 10.6 Å². The summed E-state index contributed by atoms with van der Waals surface area (Å²) in [5, 5.41) is 17.7. The van der Waals surface area contributed by atoms with Crippen LogP contribution in [0.3, 0.4) is 0 Å². The highest BCUT2D eigenvalue weighted by molar-refractivity contribution is 7.25. The van der Waals surface area contributed by atoms with E-state index in [2.05, 4.69) is 161 Å². The molecule has 218 valence electrons. The molecule has 46 heavy (non-hydrogen) atoms. The van der Waals surface area contributed by atoms with Gasteiger partial charge < -0.3 is 5.32 Å². The van der Waals surface area contributed by atoms with E-state index in [1.807, 2.05) is 11.3 Å². The number of rotatable bonds is 2. The Morgan fingerprint density at radius 1 is 0.543 bits per heavy atom. The molecule has 0 bridgehead atoms. The third kappa shape index (κ3) is 3.92. The van der Waals surface area contributed by atoms with Gasteiger partial charge in [0.25, 0.3) is 0 Å². The third-order valence-corrected chi connectivity index (χ3v) is 10.6. The van der Waals surface area contributed by atoms with Gasteiger partial charge in [-0.25, -0.2) is 4.99 Å². The lowest BCUT2D eigenvalue weighted by Crippen LogP contribution is -2.47. The lowest BCUT2D eigenvalue weighted by atomic mass is 10.0. The maximum Gasteiger partial charge on any atom is 0.206 e. The Labute approximate surface area is 269 Å². The van der Waals surface area contributed by atoms with E-state index < -0.39 is 0 Å². The second-order valence-corrected chi connectivity index (χ2v) is 13.2. The second kappa shape index (κ2) is 10.0. The average Bonchev–Trinajstić information content (AvgIpc) is 3.65. The first-order chi connectivity index (χ1) is 22.8. The van der Waals surface area contributed by atoms with E-state index in [1.165, 1.54) is 58.1 Å². The van der Waals surface area contributed by atoms with Crippen molar-refractivity contribution in [2.24, 2.45) is 4.99 Å². The number of hydrogen-bond donors (Lipinski definition) is 2. The molecule has 3 heterocycles. The number of benzene rings is 7. The Morgan fingerprint density at radius 2 is 1.13 bits per heavy atom. The van der Waals surface area contributed by atoms with Crippen molar-refractivity contribution in [3.05, 3.63) is 157 Å². The fraction of sp³-hybridized carbons (Fsp3) is 0.0488. The highest BCUT2D eigenvalue weighted by atomic mass is 32.1. The summed E-state index contributed by atoms with van der Waals surface area (Å²) in [7, 11) is 0. The first-order valence-corrected chi connectivity index (χ1v) is 16.5. The lowest BCUT2D eigenvalue weighted by Gasteiger charge is -2.33. The number of aliphatic imine (C=N–C) groups is 1. The maximum absolute atomic E-state index is 5.42. The van der Waals surface area contributed by atoms with Crippen molar-refractivity contribution in [3.63, 3.8) is 0 Å². The van der Waals surface area contributed by atoms with Crippen LogP contribution in [0.25, 0.3) is 63.5 Å². The van der Waals surface area contributed by atoms with Gasteiger partial charge in [0.1, 0.15) is 12.3 Å². The number of fused-ring (bicyclic) bond motifs is 8. The summed E-state index contributed by atoms with van der Waals surface area (Å²) in [6.45, 7) is 0. The van der Waals surface area contributed by atoms with Gasteiger partial charge in [0.15, 0.2) is 0 Å². The van der Waals surface area contributed by atoms with Crippen LogP contribution in [0, 0.1) is 0 Å². The standard InChI is InChI=1S/C41H28N4S/c1-2-11-25(12-3-1)39-42-40(31-18-10-20-37-38(31)30-17-8-9-19-36(30)46-37)44-41(43-39)45-34-23-28-15-6-4-13-26(28)21-32(34)33-22-27-14-5-7-16-29(27)24-35(33)45/h1-24,39-40,42H,(H,43,44). The minimum absolute atomic E-state index is 0.173. The predicted octanol–water partition coefficient (Wildman–Crippen LogP) is 10.3. The summed E-state index contributed by atoms with van der Waals surface area (Å²) in [5.41, 5.74) is 4.63. The second-order valence-electron chi connectivity index (χ2n) is 12.1. The van der Waals surface area contributed by atoms with Gasteiger partial charge in [-0.2, -0.15) is 0 Å². The van der Waals surface area contributed by atoms with Crippen molar-refractivity contribution < 1.29 is 0 Å². The van der Waals surface area contributed by atoms with Gasteiger partial charge >= 0.3 is 0 Å². The Balaban J connectivity index is 1.26. The van der Waals surface area contributed by atoms with Crippen LogP contribution in [0.2, 0.25) is 0 Å². The lowest BCUT2D eigenvalue weighted by molar-refractivity contribution is 0.405. The first-order valence-electron chi connectivity index (χ1n) is 15.7. The number of aromatic nitrogens is 1. The molecular formula is C41H28N4S. The van der Waals surface area contributed by atoms with Crippen LogP contribution in [0.4, 0.5) is 0 Å². The fourth-order valence-electron chi connectivity index (χ4n) is 7.28. The molecule has 0 fully saturated rings. The van der Waals surface area contributed by atoms with Crippen LogP contribution in [-0.4, -0.2) is 10.5 Å². The number of thiophene rings is 1. The normalized spacial score (nSPS) is 16.9. The van der Waals surface area contributed by atoms with Crippen molar-refractivity contribution in [3.8, 4) is 0 Å². The molecule has 1 aliphatic rings. The minimum Gasteiger partial charge on any atom is -0.336 e. The van der Waals surface area contributed by atoms with E-state index in [4.69, 9.17) is 4.99 Å². The topological polar surface area (TPSA) is 41.4 Å². The molecule has 5 heteroatoms. The Hall–Kier alpha value is -5.49. The van der Waals surface area contributed by atoms with E-state index in [1.54, 1.807) is 0 Å². The SMILES string of the molecule is c1ccc(C2N=C(n3c4cc5ccccc5cc4c4cc5ccccc5cc43)NC(c3cccc4sc5ccccc5c34)N2)cc1. The Bertz CT molecular complexity index is 2570. The summed E-state index contributed by atoms with van der Waals surface area (Å²) < 4.78 is 4.94. The first kappa shape index (κ1) is 25.8. The van der Waals surface area contributed by atoms with E-state index in [-0.39, 0.29) is 12.3 Å². The summed E-state index contributed by atoms with van der Waals surface area (Å²) in [5.74, 6) is 0.833. The smallest absolute Gasteiger partial charge is 0.206 e. The molecule has 7 aromatic carbocycles. The molecule has 1 aliphatic heterocycles. The van der Waals surface area contributed by atoms with E-state index in [0.29, 0.717) is 0 Å². The Morgan fingerprint density at radius 3 is 1.83 bits per heavy atom. The zero-order valence-electron chi connectivity index (χ0n) is 24.8. The van der Waals surface area contributed by atoms with Gasteiger partial charge in [-0.1, -0.05) is 109 Å². The molecule has 2 atom stereocenters. The number of nitrogens with zero attached hydrogens (tertiary/aromatic N) is 2. The van der Waals surface area contributed by atoms with Gasteiger partial charge in [0.2, 0.25) is 5.96 Å². The average molecular weight is 609 g/mol. The molecular weight excluding hydrogens is 581 g/mol. The maximum atomic E-state index is 5.42. The van der Waals surface area contributed by atoms with Gasteiger partial charge in [-0.05, 0) is 69.1 Å². The zero-order valence-corrected chi connectivity index (χ0v) is 25.6. The van der Waals surface area contributed by atoms with Crippen molar-refractivity contribution in [2.45, 2.75) is 12.3 Å². The molecule has 2 aromatic heterocycles. The van der Waals surface area contributed by atoms with E-state index >= 15 is 0 Å². The fourth-order valence-corrected chi connectivity index (χ4v) is 8.42. The van der Waals surface area contributed by atoms with Crippen LogP contribution in [-0.2, 0) is 0 Å². The third-order valence-electron chi connectivity index (χ3n) is 9.42. The minimum atomic E-state index is -0.240.